The highest BCUT2D eigenvalue weighted by atomic mass is 32.2. The third-order valence-electron chi connectivity index (χ3n) is 7.64. The van der Waals surface area contributed by atoms with Gasteiger partial charge < -0.3 is 20.7 Å². The molecule has 210 valence electrons. The Morgan fingerprint density at radius 2 is 1.82 bits per heavy atom. The van der Waals surface area contributed by atoms with Crippen molar-refractivity contribution < 1.29 is 17.9 Å². The van der Waals surface area contributed by atoms with Crippen LogP contribution in [0, 0.1) is 17.2 Å². The molecule has 1 saturated carbocycles. The van der Waals surface area contributed by atoms with Gasteiger partial charge in [-0.05, 0) is 49.2 Å². The van der Waals surface area contributed by atoms with Crippen LogP contribution < -0.4 is 20.7 Å². The standard InChI is InChI=1S/C28H33N7O4S/c1-39-23-7-4-6-22(17-23)33-13-15-34(16-14-33)40(37,38)24-11-9-21(10-12-24)31-28-25(27(30)36)19-35(32-28)26-8-3-2-5-20(26)18-29/h4,6-7,9-12,17,19-20,26H,2-3,5,8,13-16H2,1H3,(H2,30,36)(H,31,32)/t20-,26+/m1/s1. The average molecular weight is 564 g/mol. The molecule has 3 N–H and O–H groups in total. The first-order valence-corrected chi connectivity index (χ1v) is 14.8. The van der Waals surface area contributed by atoms with Crippen LogP contribution in [0.15, 0.2) is 59.6 Å². The van der Waals surface area contributed by atoms with Gasteiger partial charge in [-0.2, -0.15) is 14.7 Å². The summed E-state index contributed by atoms with van der Waals surface area (Å²) in [7, 11) is -2.06. The first kappa shape index (κ1) is 27.5. The molecule has 1 amide bonds. The van der Waals surface area contributed by atoms with Gasteiger partial charge in [0.25, 0.3) is 5.91 Å². The van der Waals surface area contributed by atoms with Crippen LogP contribution in [0.1, 0.15) is 42.1 Å². The Kier molecular flexibility index (Phi) is 7.95. The molecule has 2 atom stereocenters. The molecule has 0 radical (unpaired) electrons. The van der Waals surface area contributed by atoms with E-state index in [4.69, 9.17) is 10.5 Å². The maximum absolute atomic E-state index is 13.3. The van der Waals surface area contributed by atoms with Crippen molar-refractivity contribution in [3.63, 3.8) is 0 Å². The van der Waals surface area contributed by atoms with Crippen molar-refractivity contribution >= 4 is 33.1 Å². The van der Waals surface area contributed by atoms with Crippen LogP contribution in [0.3, 0.4) is 0 Å². The number of nitriles is 1. The number of benzene rings is 2. The quantitative estimate of drug-likeness (QED) is 0.423. The van der Waals surface area contributed by atoms with Crippen LogP contribution in [0.2, 0.25) is 0 Å². The first-order chi connectivity index (χ1) is 19.3. The van der Waals surface area contributed by atoms with Gasteiger partial charge in [0.05, 0.1) is 30.0 Å². The van der Waals surface area contributed by atoms with Crippen LogP contribution in [-0.2, 0) is 10.0 Å². The molecule has 11 nitrogen and oxygen atoms in total. The van der Waals surface area contributed by atoms with E-state index < -0.39 is 15.9 Å². The number of primary amides is 1. The van der Waals surface area contributed by atoms with Gasteiger partial charge in [-0.3, -0.25) is 9.48 Å². The molecule has 0 bridgehead atoms. The van der Waals surface area contributed by atoms with Crippen LogP contribution in [0.5, 0.6) is 5.75 Å². The van der Waals surface area contributed by atoms with Gasteiger partial charge >= 0.3 is 0 Å². The zero-order chi connectivity index (χ0) is 28.3. The lowest BCUT2D eigenvalue weighted by Gasteiger charge is -2.35. The normalized spacial score (nSPS) is 20.1. The number of piperazine rings is 1. The summed E-state index contributed by atoms with van der Waals surface area (Å²) in [5, 5.41) is 17.2. The predicted octanol–water partition coefficient (Wildman–Crippen LogP) is 3.50. The fraction of sp³-hybridized carbons (Fsp3) is 0.393. The Morgan fingerprint density at radius 1 is 1.10 bits per heavy atom. The lowest BCUT2D eigenvalue weighted by molar-refractivity contribution is 0.100. The third-order valence-corrected chi connectivity index (χ3v) is 9.56. The van der Waals surface area contributed by atoms with E-state index >= 15 is 0 Å². The number of carbonyl (C=O) groups excluding carboxylic acids is 1. The van der Waals surface area contributed by atoms with Crippen LogP contribution in [0.25, 0.3) is 0 Å². The van der Waals surface area contributed by atoms with Crippen molar-refractivity contribution in [1.82, 2.24) is 14.1 Å². The largest absolute Gasteiger partial charge is 0.497 e. The van der Waals surface area contributed by atoms with Crippen molar-refractivity contribution in [1.29, 1.82) is 5.26 Å². The van der Waals surface area contributed by atoms with Crippen LogP contribution >= 0.6 is 0 Å². The number of nitrogens with one attached hydrogen (secondary N) is 1. The highest BCUT2D eigenvalue weighted by Gasteiger charge is 2.30. The third kappa shape index (κ3) is 5.61. The summed E-state index contributed by atoms with van der Waals surface area (Å²) < 4.78 is 35.2. The van der Waals surface area contributed by atoms with Crippen molar-refractivity contribution in [2.24, 2.45) is 11.7 Å². The number of amides is 1. The van der Waals surface area contributed by atoms with E-state index in [1.54, 1.807) is 42.3 Å². The molecular weight excluding hydrogens is 530 g/mol. The van der Waals surface area contributed by atoms with E-state index in [1.165, 1.54) is 4.31 Å². The number of nitrogens with zero attached hydrogens (tertiary/aromatic N) is 5. The summed E-state index contributed by atoms with van der Waals surface area (Å²) in [6.07, 6.45) is 5.18. The summed E-state index contributed by atoms with van der Waals surface area (Å²) in [6, 6.07) is 16.3. The van der Waals surface area contributed by atoms with Crippen molar-refractivity contribution in [3.8, 4) is 11.8 Å². The molecule has 0 spiro atoms. The number of aromatic nitrogens is 2. The Bertz CT molecular complexity index is 1510. The van der Waals surface area contributed by atoms with E-state index in [2.05, 4.69) is 21.4 Å². The SMILES string of the molecule is COc1cccc(N2CCN(S(=O)(=O)c3ccc(Nc4nn([C@H]5CCCC[C@@H]5C#N)cc4C(N)=O)cc3)CC2)c1. The van der Waals surface area contributed by atoms with Gasteiger partial charge in [0.15, 0.2) is 5.82 Å². The van der Waals surface area contributed by atoms with E-state index in [0.29, 0.717) is 31.9 Å². The molecular formula is C28H33N7O4S. The van der Waals surface area contributed by atoms with Gasteiger partial charge in [-0.25, -0.2) is 8.42 Å². The zero-order valence-corrected chi connectivity index (χ0v) is 23.2. The summed E-state index contributed by atoms with van der Waals surface area (Å²) >= 11 is 0. The smallest absolute Gasteiger partial charge is 0.254 e. The van der Waals surface area contributed by atoms with Crippen molar-refractivity contribution in [3.05, 3.63) is 60.3 Å². The lowest BCUT2D eigenvalue weighted by atomic mass is 9.85. The second-order valence-electron chi connectivity index (χ2n) is 10.1. The molecule has 40 heavy (non-hydrogen) atoms. The van der Waals surface area contributed by atoms with E-state index in [1.807, 2.05) is 24.3 Å². The number of rotatable bonds is 8. The molecule has 2 fully saturated rings. The van der Waals surface area contributed by atoms with E-state index in [0.717, 1.165) is 37.1 Å². The molecule has 2 aliphatic rings. The number of hydrogen-bond acceptors (Lipinski definition) is 8. The minimum atomic E-state index is -3.68. The summed E-state index contributed by atoms with van der Waals surface area (Å²) in [5.74, 6) is 0.227. The fourth-order valence-electron chi connectivity index (χ4n) is 5.40. The molecule has 1 aliphatic carbocycles. The van der Waals surface area contributed by atoms with Gasteiger partial charge in [-0.1, -0.05) is 18.9 Å². The number of sulfonamides is 1. The molecule has 1 saturated heterocycles. The average Bonchev–Trinajstić information content (AvgIpc) is 3.41. The molecule has 0 unspecified atom stereocenters. The van der Waals surface area contributed by atoms with Gasteiger partial charge in [0, 0.05) is 49.8 Å². The van der Waals surface area contributed by atoms with E-state index in [-0.39, 0.29) is 28.2 Å². The highest BCUT2D eigenvalue weighted by Crippen LogP contribution is 2.34. The minimum Gasteiger partial charge on any atom is -0.497 e. The fourth-order valence-corrected chi connectivity index (χ4v) is 6.82. The highest BCUT2D eigenvalue weighted by molar-refractivity contribution is 7.89. The van der Waals surface area contributed by atoms with Crippen LogP contribution in [-0.4, -0.2) is 61.7 Å². The Hall–Kier alpha value is -4.08. The van der Waals surface area contributed by atoms with Crippen molar-refractivity contribution in [2.45, 2.75) is 36.6 Å². The summed E-state index contributed by atoms with van der Waals surface area (Å²) in [5.41, 5.74) is 7.39. The summed E-state index contributed by atoms with van der Waals surface area (Å²) in [4.78, 5) is 14.5. The van der Waals surface area contributed by atoms with Crippen molar-refractivity contribution in [2.75, 3.05) is 43.5 Å². The van der Waals surface area contributed by atoms with Crippen LogP contribution in [0.4, 0.5) is 17.2 Å². The molecule has 12 heteroatoms. The monoisotopic (exact) mass is 563 g/mol. The number of hydrogen-bond donors (Lipinski definition) is 2. The Balaban J connectivity index is 1.27. The lowest BCUT2D eigenvalue weighted by Crippen LogP contribution is -2.48. The maximum Gasteiger partial charge on any atom is 0.254 e. The number of ether oxygens (including phenoxy) is 1. The maximum atomic E-state index is 13.3. The number of anilines is 3. The van der Waals surface area contributed by atoms with E-state index in [9.17, 15) is 18.5 Å². The minimum absolute atomic E-state index is 0.121. The second-order valence-corrected chi connectivity index (χ2v) is 12.0. The number of nitrogens with two attached hydrogens (primary N) is 1. The molecule has 3 aromatic rings. The van der Waals surface area contributed by atoms with Gasteiger partial charge in [-0.15, -0.1) is 0 Å². The van der Waals surface area contributed by atoms with Gasteiger partial charge in [0.1, 0.15) is 11.3 Å². The second kappa shape index (κ2) is 11.6. The molecule has 1 aliphatic heterocycles. The number of methoxy groups -OCH3 is 1. The Morgan fingerprint density at radius 3 is 2.50 bits per heavy atom. The topological polar surface area (TPSA) is 147 Å². The molecule has 2 aromatic carbocycles. The predicted molar refractivity (Wildman–Crippen MR) is 151 cm³/mol. The molecule has 2 heterocycles. The molecule has 1 aromatic heterocycles. The van der Waals surface area contributed by atoms with Gasteiger partial charge in [0.2, 0.25) is 10.0 Å². The Labute approximate surface area is 234 Å². The number of carbonyl (C=O) groups is 1. The molecule has 5 rings (SSSR count). The zero-order valence-electron chi connectivity index (χ0n) is 22.4. The first-order valence-electron chi connectivity index (χ1n) is 13.3. The summed E-state index contributed by atoms with van der Waals surface area (Å²) in [6.45, 7) is 1.87.